The summed E-state index contributed by atoms with van der Waals surface area (Å²) in [6.45, 7) is 0. The van der Waals surface area contributed by atoms with E-state index in [0.29, 0.717) is 11.1 Å². The maximum absolute atomic E-state index is 10.7. The molecule has 2 aromatic rings. The van der Waals surface area contributed by atoms with Crippen LogP contribution in [-0.4, -0.2) is 22.1 Å². The van der Waals surface area contributed by atoms with Gasteiger partial charge >= 0.3 is 7.12 Å². The molecule has 90 valence electrons. The van der Waals surface area contributed by atoms with Crippen LogP contribution in [0.5, 0.6) is 0 Å². The van der Waals surface area contributed by atoms with E-state index in [2.05, 4.69) is 0 Å². The molecule has 0 bridgehead atoms. The summed E-state index contributed by atoms with van der Waals surface area (Å²) in [5.41, 5.74) is 1.30. The quantitative estimate of drug-likeness (QED) is 0.477. The molecule has 0 aliphatic heterocycles. The van der Waals surface area contributed by atoms with Crippen LogP contribution in [-0.2, 0) is 0 Å². The van der Waals surface area contributed by atoms with E-state index in [9.17, 15) is 20.2 Å². The minimum atomic E-state index is -1.67. The molecule has 0 atom stereocenters. The third kappa shape index (κ3) is 2.39. The van der Waals surface area contributed by atoms with E-state index in [1.54, 1.807) is 24.3 Å². The van der Waals surface area contributed by atoms with E-state index in [1.165, 1.54) is 18.2 Å². The van der Waals surface area contributed by atoms with Crippen molar-refractivity contribution in [2.24, 2.45) is 0 Å². The van der Waals surface area contributed by atoms with Crippen molar-refractivity contribution in [3.8, 4) is 11.1 Å². The molecule has 0 aliphatic carbocycles. The zero-order valence-electron chi connectivity index (χ0n) is 9.35. The highest BCUT2D eigenvalue weighted by molar-refractivity contribution is 6.60. The summed E-state index contributed by atoms with van der Waals surface area (Å²) in [6.07, 6.45) is 0. The van der Waals surface area contributed by atoms with Gasteiger partial charge in [0.2, 0.25) is 0 Å². The first-order chi connectivity index (χ1) is 8.59. The van der Waals surface area contributed by atoms with Gasteiger partial charge in [-0.3, -0.25) is 10.1 Å². The molecule has 0 fully saturated rings. The van der Waals surface area contributed by atoms with Crippen molar-refractivity contribution in [3.63, 3.8) is 0 Å². The second-order valence-electron chi connectivity index (χ2n) is 3.77. The number of benzene rings is 2. The number of nitro benzene ring substituents is 1. The van der Waals surface area contributed by atoms with Gasteiger partial charge in [-0.25, -0.2) is 0 Å². The fraction of sp³-hybridized carbons (Fsp3) is 0. The molecular formula is C12H10BNO4. The Morgan fingerprint density at radius 3 is 2.28 bits per heavy atom. The maximum atomic E-state index is 10.7. The van der Waals surface area contributed by atoms with Crippen LogP contribution in [0, 0.1) is 10.1 Å². The summed E-state index contributed by atoms with van der Waals surface area (Å²) in [5.74, 6) is 0. The van der Waals surface area contributed by atoms with Gasteiger partial charge in [0.25, 0.3) is 5.69 Å². The number of hydrogen-bond acceptors (Lipinski definition) is 4. The van der Waals surface area contributed by atoms with Crippen molar-refractivity contribution in [1.29, 1.82) is 0 Å². The highest BCUT2D eigenvalue weighted by atomic mass is 16.6. The van der Waals surface area contributed by atoms with Crippen molar-refractivity contribution in [1.82, 2.24) is 0 Å². The molecule has 0 aromatic heterocycles. The Morgan fingerprint density at radius 1 is 1.06 bits per heavy atom. The van der Waals surface area contributed by atoms with Gasteiger partial charge in [0.05, 0.1) is 4.92 Å². The average Bonchev–Trinajstić information content (AvgIpc) is 2.39. The van der Waals surface area contributed by atoms with Crippen molar-refractivity contribution in [2.45, 2.75) is 0 Å². The Morgan fingerprint density at radius 2 is 1.72 bits per heavy atom. The molecule has 2 N–H and O–H groups in total. The second-order valence-corrected chi connectivity index (χ2v) is 3.77. The largest absolute Gasteiger partial charge is 0.489 e. The number of nitro groups is 1. The molecule has 5 nitrogen and oxygen atoms in total. The highest BCUT2D eigenvalue weighted by Crippen LogP contribution is 2.22. The summed E-state index contributed by atoms with van der Waals surface area (Å²) in [7, 11) is -1.67. The van der Waals surface area contributed by atoms with Gasteiger partial charge in [-0.2, -0.15) is 0 Å². The van der Waals surface area contributed by atoms with Gasteiger partial charge in [-0.1, -0.05) is 36.4 Å². The minimum Gasteiger partial charge on any atom is -0.423 e. The Balaban J connectivity index is 2.61. The number of rotatable bonds is 3. The normalized spacial score (nSPS) is 10.1. The van der Waals surface area contributed by atoms with E-state index < -0.39 is 12.0 Å². The van der Waals surface area contributed by atoms with Gasteiger partial charge in [0.15, 0.2) is 0 Å². The van der Waals surface area contributed by atoms with Crippen LogP contribution in [0.25, 0.3) is 11.1 Å². The minimum absolute atomic E-state index is 0.0850. The fourth-order valence-electron chi connectivity index (χ4n) is 1.75. The fourth-order valence-corrected chi connectivity index (χ4v) is 1.75. The number of non-ortho nitro benzene ring substituents is 1. The first-order valence-corrected chi connectivity index (χ1v) is 5.29. The van der Waals surface area contributed by atoms with Gasteiger partial charge in [-0.05, 0) is 16.6 Å². The lowest BCUT2D eigenvalue weighted by Crippen LogP contribution is -2.31. The zero-order chi connectivity index (χ0) is 13.1. The van der Waals surface area contributed by atoms with E-state index in [4.69, 9.17) is 0 Å². The molecule has 18 heavy (non-hydrogen) atoms. The van der Waals surface area contributed by atoms with E-state index in [-0.39, 0.29) is 11.2 Å². The molecule has 0 radical (unpaired) electrons. The molecule has 2 aromatic carbocycles. The summed E-state index contributed by atoms with van der Waals surface area (Å²) in [4.78, 5) is 10.2. The molecule has 0 saturated carbocycles. The van der Waals surface area contributed by atoms with Crippen LogP contribution in [0.4, 0.5) is 5.69 Å². The van der Waals surface area contributed by atoms with Crippen LogP contribution in [0.2, 0.25) is 0 Å². The summed E-state index contributed by atoms with van der Waals surface area (Å²) in [5, 5.41) is 29.3. The van der Waals surface area contributed by atoms with Gasteiger partial charge in [0, 0.05) is 12.1 Å². The van der Waals surface area contributed by atoms with Crippen molar-refractivity contribution >= 4 is 18.3 Å². The second kappa shape index (κ2) is 4.99. The van der Waals surface area contributed by atoms with E-state index in [0.717, 1.165) is 0 Å². The average molecular weight is 243 g/mol. The Bertz CT molecular complexity index is 572. The number of nitrogens with zero attached hydrogens (tertiary/aromatic N) is 1. The van der Waals surface area contributed by atoms with Crippen molar-refractivity contribution < 1.29 is 15.0 Å². The Hall–Kier alpha value is -2.18. The van der Waals surface area contributed by atoms with Crippen LogP contribution in [0.15, 0.2) is 48.5 Å². The predicted octanol–water partition coefficient (Wildman–Crippen LogP) is 0.942. The molecule has 0 spiro atoms. The molecule has 0 heterocycles. The Labute approximate surface area is 104 Å². The van der Waals surface area contributed by atoms with E-state index in [1.807, 2.05) is 6.07 Å². The predicted molar refractivity (Wildman–Crippen MR) is 68.4 cm³/mol. The molecule has 0 aliphatic rings. The Kier molecular flexibility index (Phi) is 3.41. The zero-order valence-corrected chi connectivity index (χ0v) is 9.35. The molecule has 0 unspecified atom stereocenters. The van der Waals surface area contributed by atoms with Crippen molar-refractivity contribution in [3.05, 3.63) is 58.6 Å². The monoisotopic (exact) mass is 243 g/mol. The number of hydrogen-bond donors (Lipinski definition) is 2. The first-order valence-electron chi connectivity index (χ1n) is 5.29. The topological polar surface area (TPSA) is 83.6 Å². The molecule has 0 amide bonds. The molecule has 2 rings (SSSR count). The lowest BCUT2D eigenvalue weighted by atomic mass is 9.75. The van der Waals surface area contributed by atoms with Crippen LogP contribution < -0.4 is 5.46 Å². The van der Waals surface area contributed by atoms with E-state index >= 15 is 0 Å². The van der Waals surface area contributed by atoms with Gasteiger partial charge in [0.1, 0.15) is 0 Å². The van der Waals surface area contributed by atoms with Crippen molar-refractivity contribution in [2.75, 3.05) is 0 Å². The summed E-state index contributed by atoms with van der Waals surface area (Å²) in [6, 6.07) is 12.8. The summed E-state index contributed by atoms with van der Waals surface area (Å²) >= 11 is 0. The van der Waals surface area contributed by atoms with Crippen LogP contribution >= 0.6 is 0 Å². The third-order valence-corrected chi connectivity index (χ3v) is 2.61. The van der Waals surface area contributed by atoms with Crippen LogP contribution in [0.3, 0.4) is 0 Å². The molecule has 6 heteroatoms. The standard InChI is InChI=1S/C12H10BNO4/c15-13(16)12-7-6-10(14(17)18)8-11(12)9-4-2-1-3-5-9/h1-8,15-16H. The molecule has 0 saturated heterocycles. The van der Waals surface area contributed by atoms with Gasteiger partial charge in [-0.15, -0.1) is 0 Å². The SMILES string of the molecule is O=[N+]([O-])c1ccc(B(O)O)c(-c2ccccc2)c1. The van der Waals surface area contributed by atoms with Gasteiger partial charge < -0.3 is 10.0 Å². The smallest absolute Gasteiger partial charge is 0.423 e. The molecular weight excluding hydrogens is 233 g/mol. The lowest BCUT2D eigenvalue weighted by Gasteiger charge is -2.08. The summed E-state index contributed by atoms with van der Waals surface area (Å²) < 4.78 is 0. The van der Waals surface area contributed by atoms with Crippen LogP contribution in [0.1, 0.15) is 0 Å². The third-order valence-electron chi connectivity index (χ3n) is 2.61. The first kappa shape index (κ1) is 12.3. The lowest BCUT2D eigenvalue weighted by molar-refractivity contribution is -0.384. The maximum Gasteiger partial charge on any atom is 0.489 e. The highest BCUT2D eigenvalue weighted by Gasteiger charge is 2.19.